The van der Waals surface area contributed by atoms with E-state index in [1.54, 1.807) is 0 Å². The largest absolute Gasteiger partial charge is 0.328 e. The molecule has 3 N–H and O–H groups in total. The molecular weight excluding hydrogens is 180 g/mol. The Morgan fingerprint density at radius 1 is 1.31 bits per heavy atom. The lowest BCUT2D eigenvalue weighted by Crippen LogP contribution is -2.33. The molecule has 1 aliphatic carbocycles. The van der Waals surface area contributed by atoms with Gasteiger partial charge in [-0.3, -0.25) is 0 Å². The number of hydrogen-bond acceptors (Lipinski definition) is 3. The highest BCUT2D eigenvalue weighted by Crippen LogP contribution is 2.26. The summed E-state index contributed by atoms with van der Waals surface area (Å²) < 4.78 is 0. The van der Waals surface area contributed by atoms with Crippen molar-refractivity contribution in [1.82, 2.24) is 5.32 Å². The Morgan fingerprint density at radius 3 is 2.85 bits per heavy atom. The van der Waals surface area contributed by atoms with Crippen LogP contribution in [0.3, 0.4) is 0 Å². The number of nitrogens with two attached hydrogens (primary N) is 1. The van der Waals surface area contributed by atoms with Crippen molar-refractivity contribution in [2.24, 2.45) is 5.73 Å². The third-order valence-electron chi connectivity index (χ3n) is 3.13. The van der Waals surface area contributed by atoms with E-state index < -0.39 is 0 Å². The molecule has 0 aromatic heterocycles. The van der Waals surface area contributed by atoms with Gasteiger partial charge >= 0.3 is 0 Å². The molecule has 13 heavy (non-hydrogen) atoms. The minimum atomic E-state index is 0.466. The number of thioether (sulfide) groups is 1. The minimum absolute atomic E-state index is 0.466. The first-order chi connectivity index (χ1) is 6.34. The molecule has 3 heteroatoms. The van der Waals surface area contributed by atoms with Gasteiger partial charge in [0.15, 0.2) is 0 Å². The fourth-order valence-corrected chi connectivity index (χ4v) is 3.52. The maximum absolute atomic E-state index is 5.86. The maximum atomic E-state index is 5.86. The van der Waals surface area contributed by atoms with Crippen LogP contribution in [0.4, 0.5) is 0 Å². The van der Waals surface area contributed by atoms with Crippen LogP contribution in [0.5, 0.6) is 0 Å². The Kier molecular flexibility index (Phi) is 3.52. The van der Waals surface area contributed by atoms with E-state index >= 15 is 0 Å². The molecule has 1 saturated heterocycles. The monoisotopic (exact) mass is 200 g/mol. The molecule has 0 aromatic rings. The van der Waals surface area contributed by atoms with Crippen molar-refractivity contribution in [3.05, 3.63) is 0 Å². The topological polar surface area (TPSA) is 38.0 Å². The molecule has 0 amide bonds. The van der Waals surface area contributed by atoms with Crippen molar-refractivity contribution >= 4 is 11.8 Å². The number of rotatable bonds is 3. The maximum Gasteiger partial charge on any atom is 0.0172 e. The Balaban J connectivity index is 1.62. The van der Waals surface area contributed by atoms with E-state index in [0.29, 0.717) is 6.04 Å². The van der Waals surface area contributed by atoms with Crippen LogP contribution in [0, 0.1) is 0 Å². The zero-order valence-electron chi connectivity index (χ0n) is 8.17. The Hall–Kier alpha value is 0.270. The van der Waals surface area contributed by atoms with Crippen LogP contribution < -0.4 is 11.1 Å². The zero-order chi connectivity index (χ0) is 9.10. The van der Waals surface area contributed by atoms with Crippen LogP contribution >= 0.6 is 11.8 Å². The Bertz CT molecular complexity index is 157. The van der Waals surface area contributed by atoms with Crippen LogP contribution in [0.15, 0.2) is 0 Å². The van der Waals surface area contributed by atoms with E-state index in [9.17, 15) is 0 Å². The predicted octanol–water partition coefficient (Wildman–Crippen LogP) is 1.35. The van der Waals surface area contributed by atoms with Gasteiger partial charge < -0.3 is 11.1 Å². The first-order valence-corrected chi connectivity index (χ1v) is 6.50. The summed E-state index contributed by atoms with van der Waals surface area (Å²) in [5.74, 6) is 1.37. The standard InChI is InChI=1S/C10H20N2S/c11-8-3-4-9(6-8)12-7-10-2-1-5-13-10/h8-10,12H,1-7,11H2. The summed E-state index contributed by atoms with van der Waals surface area (Å²) in [4.78, 5) is 0. The van der Waals surface area contributed by atoms with E-state index in [2.05, 4.69) is 17.1 Å². The van der Waals surface area contributed by atoms with Crippen LogP contribution in [0.1, 0.15) is 32.1 Å². The lowest BCUT2D eigenvalue weighted by atomic mass is 10.2. The van der Waals surface area contributed by atoms with Crippen molar-refractivity contribution in [3.63, 3.8) is 0 Å². The summed E-state index contributed by atoms with van der Waals surface area (Å²) in [6.45, 7) is 1.21. The molecule has 2 aliphatic rings. The highest BCUT2D eigenvalue weighted by molar-refractivity contribution is 8.00. The third kappa shape index (κ3) is 2.86. The summed E-state index contributed by atoms with van der Waals surface area (Å²) in [5.41, 5.74) is 5.86. The van der Waals surface area contributed by atoms with E-state index in [-0.39, 0.29) is 0 Å². The Labute approximate surface area is 85.0 Å². The van der Waals surface area contributed by atoms with Crippen molar-refractivity contribution in [3.8, 4) is 0 Å². The molecule has 3 unspecified atom stereocenters. The van der Waals surface area contributed by atoms with Crippen molar-refractivity contribution < 1.29 is 0 Å². The van der Waals surface area contributed by atoms with Crippen LogP contribution in [-0.4, -0.2) is 29.6 Å². The lowest BCUT2D eigenvalue weighted by molar-refractivity contribution is 0.510. The lowest BCUT2D eigenvalue weighted by Gasteiger charge is -2.15. The molecule has 1 heterocycles. The van der Waals surface area contributed by atoms with E-state index in [0.717, 1.165) is 11.3 Å². The van der Waals surface area contributed by atoms with Gasteiger partial charge in [0.05, 0.1) is 0 Å². The highest BCUT2D eigenvalue weighted by Gasteiger charge is 2.23. The van der Waals surface area contributed by atoms with Gasteiger partial charge in [-0.05, 0) is 37.9 Å². The van der Waals surface area contributed by atoms with Gasteiger partial charge in [-0.15, -0.1) is 0 Å². The second-order valence-corrected chi connectivity index (χ2v) is 5.72. The highest BCUT2D eigenvalue weighted by atomic mass is 32.2. The molecule has 76 valence electrons. The van der Waals surface area contributed by atoms with Gasteiger partial charge in [0.25, 0.3) is 0 Å². The first kappa shape index (κ1) is 9.81. The molecular formula is C10H20N2S. The quantitative estimate of drug-likeness (QED) is 0.722. The molecule has 1 aliphatic heterocycles. The fourth-order valence-electron chi connectivity index (χ4n) is 2.31. The second-order valence-electron chi connectivity index (χ2n) is 4.31. The molecule has 3 atom stereocenters. The number of nitrogens with one attached hydrogen (secondary N) is 1. The molecule has 0 spiro atoms. The summed E-state index contributed by atoms with van der Waals surface area (Å²) in [7, 11) is 0. The van der Waals surface area contributed by atoms with Crippen molar-refractivity contribution in [1.29, 1.82) is 0 Å². The average molecular weight is 200 g/mol. The fraction of sp³-hybridized carbons (Fsp3) is 1.00. The molecule has 2 rings (SSSR count). The smallest absolute Gasteiger partial charge is 0.0172 e. The average Bonchev–Trinajstić information content (AvgIpc) is 2.71. The third-order valence-corrected chi connectivity index (χ3v) is 4.53. The molecule has 2 nitrogen and oxygen atoms in total. The molecule has 0 radical (unpaired) electrons. The summed E-state index contributed by atoms with van der Waals surface area (Å²) >= 11 is 2.13. The van der Waals surface area contributed by atoms with E-state index in [4.69, 9.17) is 5.73 Å². The molecule has 0 aromatic carbocycles. The minimum Gasteiger partial charge on any atom is -0.328 e. The van der Waals surface area contributed by atoms with E-state index in [1.165, 1.54) is 44.4 Å². The summed E-state index contributed by atoms with van der Waals surface area (Å²) in [5, 5.41) is 4.54. The van der Waals surface area contributed by atoms with Gasteiger partial charge in [0.2, 0.25) is 0 Å². The second kappa shape index (κ2) is 4.67. The van der Waals surface area contributed by atoms with Gasteiger partial charge in [0, 0.05) is 23.9 Å². The summed E-state index contributed by atoms with van der Waals surface area (Å²) in [6.07, 6.45) is 6.53. The number of hydrogen-bond donors (Lipinski definition) is 2. The Morgan fingerprint density at radius 2 is 2.23 bits per heavy atom. The first-order valence-electron chi connectivity index (χ1n) is 5.45. The summed E-state index contributed by atoms with van der Waals surface area (Å²) in [6, 6.07) is 1.19. The zero-order valence-corrected chi connectivity index (χ0v) is 8.98. The van der Waals surface area contributed by atoms with E-state index in [1.807, 2.05) is 0 Å². The van der Waals surface area contributed by atoms with Gasteiger partial charge in [-0.25, -0.2) is 0 Å². The SMILES string of the molecule is NC1CCC(NCC2CCCS2)C1. The predicted molar refractivity (Wildman–Crippen MR) is 59.1 cm³/mol. The van der Waals surface area contributed by atoms with Crippen molar-refractivity contribution in [2.75, 3.05) is 12.3 Å². The molecule has 2 fully saturated rings. The molecule has 0 bridgehead atoms. The van der Waals surface area contributed by atoms with Gasteiger partial charge in [0.1, 0.15) is 0 Å². The normalized spacial score (nSPS) is 39.9. The van der Waals surface area contributed by atoms with Gasteiger partial charge in [-0.2, -0.15) is 11.8 Å². The van der Waals surface area contributed by atoms with Gasteiger partial charge in [-0.1, -0.05) is 0 Å². The molecule has 1 saturated carbocycles. The van der Waals surface area contributed by atoms with Crippen LogP contribution in [-0.2, 0) is 0 Å². The van der Waals surface area contributed by atoms with Crippen LogP contribution in [0.25, 0.3) is 0 Å². The van der Waals surface area contributed by atoms with Crippen molar-refractivity contribution in [2.45, 2.75) is 49.4 Å². The van der Waals surface area contributed by atoms with Crippen LogP contribution in [0.2, 0.25) is 0 Å².